The van der Waals surface area contributed by atoms with Crippen LogP contribution < -0.4 is 4.74 Å². The van der Waals surface area contributed by atoms with E-state index in [4.69, 9.17) is 4.74 Å². The van der Waals surface area contributed by atoms with Crippen LogP contribution in [0.15, 0.2) is 91.0 Å². The molecule has 2 aliphatic rings. The lowest BCUT2D eigenvalue weighted by atomic mass is 9.66. The maximum absolute atomic E-state index is 6.38. The Kier molecular flexibility index (Phi) is 4.06. The summed E-state index contributed by atoms with van der Waals surface area (Å²) in [6.45, 7) is 6.12. The number of hydrogen-bond acceptors (Lipinski definition) is 1. The number of hydrogen-bond donors (Lipinski definition) is 0. The first kappa shape index (κ1) is 17.8. The van der Waals surface area contributed by atoms with Crippen LogP contribution >= 0.6 is 0 Å². The molecule has 0 saturated carbocycles. The molecule has 4 aromatic carbocycles. The second-order valence-corrected chi connectivity index (χ2v) is 7.44. The van der Waals surface area contributed by atoms with Gasteiger partial charge in [-0.1, -0.05) is 92.7 Å². The first-order valence-corrected chi connectivity index (χ1v) is 10.4. The molecule has 0 saturated heterocycles. The van der Waals surface area contributed by atoms with Gasteiger partial charge in [0, 0.05) is 11.1 Å². The average Bonchev–Trinajstić information content (AvgIpc) is 3.07. The summed E-state index contributed by atoms with van der Waals surface area (Å²) in [6.07, 6.45) is 0. The molecule has 1 aliphatic carbocycles. The van der Waals surface area contributed by atoms with Crippen molar-refractivity contribution in [2.75, 3.05) is 0 Å². The third-order valence-corrected chi connectivity index (χ3v) is 6.00. The topological polar surface area (TPSA) is 9.23 Å². The summed E-state index contributed by atoms with van der Waals surface area (Å²) >= 11 is 0. The SMILES string of the molecule is CC.Cc1ccc2c(c1)Oc1ccccc1C21c2ccccc2-c2ccccc21. The summed E-state index contributed by atoms with van der Waals surface area (Å²) in [5.41, 5.74) is 8.64. The highest BCUT2D eigenvalue weighted by atomic mass is 16.5. The molecule has 0 fully saturated rings. The van der Waals surface area contributed by atoms with E-state index in [1.165, 1.54) is 38.9 Å². The van der Waals surface area contributed by atoms with Crippen LogP contribution in [0.3, 0.4) is 0 Å². The summed E-state index contributed by atoms with van der Waals surface area (Å²) in [6, 6.07) is 32.7. The van der Waals surface area contributed by atoms with Gasteiger partial charge in [-0.25, -0.2) is 0 Å². The zero-order chi connectivity index (χ0) is 20.0. The molecule has 142 valence electrons. The first-order valence-electron chi connectivity index (χ1n) is 10.4. The molecule has 1 aliphatic heterocycles. The minimum atomic E-state index is -0.328. The predicted molar refractivity (Wildman–Crippen MR) is 120 cm³/mol. The highest BCUT2D eigenvalue weighted by molar-refractivity contribution is 5.88. The van der Waals surface area contributed by atoms with Crippen LogP contribution in [0.5, 0.6) is 11.5 Å². The van der Waals surface area contributed by atoms with Gasteiger partial charge in [-0.15, -0.1) is 0 Å². The summed E-state index contributed by atoms with van der Waals surface area (Å²) in [5.74, 6) is 1.90. The van der Waals surface area contributed by atoms with E-state index in [1.807, 2.05) is 13.8 Å². The molecule has 0 atom stereocenters. The van der Waals surface area contributed by atoms with Gasteiger partial charge in [0.25, 0.3) is 0 Å². The van der Waals surface area contributed by atoms with E-state index in [0.29, 0.717) is 0 Å². The van der Waals surface area contributed by atoms with Gasteiger partial charge in [-0.05, 0) is 46.9 Å². The number of para-hydroxylation sites is 1. The van der Waals surface area contributed by atoms with Crippen molar-refractivity contribution in [2.45, 2.75) is 26.2 Å². The number of benzene rings is 4. The highest BCUT2D eigenvalue weighted by Gasteiger charge is 2.50. The van der Waals surface area contributed by atoms with Crippen LogP contribution in [0.4, 0.5) is 0 Å². The molecule has 1 heteroatoms. The zero-order valence-electron chi connectivity index (χ0n) is 17.1. The van der Waals surface area contributed by atoms with Gasteiger partial charge < -0.3 is 4.74 Å². The summed E-state index contributed by atoms with van der Waals surface area (Å²) in [5, 5.41) is 0. The van der Waals surface area contributed by atoms with E-state index in [-0.39, 0.29) is 5.41 Å². The van der Waals surface area contributed by atoms with Crippen molar-refractivity contribution in [1.82, 2.24) is 0 Å². The second-order valence-electron chi connectivity index (χ2n) is 7.44. The minimum absolute atomic E-state index is 0.328. The lowest BCUT2D eigenvalue weighted by Gasteiger charge is -2.39. The maximum Gasteiger partial charge on any atom is 0.132 e. The van der Waals surface area contributed by atoms with Gasteiger partial charge in [-0.2, -0.15) is 0 Å². The summed E-state index contributed by atoms with van der Waals surface area (Å²) < 4.78 is 6.38. The Morgan fingerprint density at radius 2 is 1.07 bits per heavy atom. The number of rotatable bonds is 0. The van der Waals surface area contributed by atoms with Gasteiger partial charge in [-0.3, -0.25) is 0 Å². The summed E-state index contributed by atoms with van der Waals surface area (Å²) in [4.78, 5) is 0. The highest BCUT2D eigenvalue weighted by Crippen LogP contribution is 2.61. The lowest BCUT2D eigenvalue weighted by Crippen LogP contribution is -2.32. The molecule has 0 unspecified atom stereocenters. The Labute approximate surface area is 172 Å². The van der Waals surface area contributed by atoms with E-state index < -0.39 is 0 Å². The predicted octanol–water partition coefficient (Wildman–Crippen LogP) is 7.49. The third kappa shape index (κ3) is 2.28. The monoisotopic (exact) mass is 376 g/mol. The van der Waals surface area contributed by atoms with E-state index >= 15 is 0 Å². The Morgan fingerprint density at radius 1 is 0.552 bits per heavy atom. The quantitative estimate of drug-likeness (QED) is 0.267. The lowest BCUT2D eigenvalue weighted by molar-refractivity contribution is 0.436. The van der Waals surface area contributed by atoms with Crippen molar-refractivity contribution in [3.05, 3.63) is 119 Å². The standard InChI is InChI=1S/C26H18O.C2H6/c1-17-14-15-23-25(16-17)27-24-13-7-6-12-22(24)26(23)20-10-4-2-8-18(20)19-9-3-5-11-21(19)26;1-2/h2-16H,1H3;1-2H3. The first-order chi connectivity index (χ1) is 14.3. The van der Waals surface area contributed by atoms with Crippen LogP contribution in [0.1, 0.15) is 41.7 Å². The molecule has 0 amide bonds. The van der Waals surface area contributed by atoms with Crippen molar-refractivity contribution in [2.24, 2.45) is 0 Å². The third-order valence-electron chi connectivity index (χ3n) is 6.00. The normalized spacial score (nSPS) is 13.9. The zero-order valence-corrected chi connectivity index (χ0v) is 17.1. The smallest absolute Gasteiger partial charge is 0.132 e. The number of ether oxygens (including phenoxy) is 1. The number of aryl methyl sites for hydroxylation is 1. The van der Waals surface area contributed by atoms with Crippen LogP contribution in [-0.2, 0) is 5.41 Å². The largest absolute Gasteiger partial charge is 0.457 e. The Bertz CT molecular complexity index is 1170. The Morgan fingerprint density at radius 3 is 1.72 bits per heavy atom. The van der Waals surface area contributed by atoms with E-state index in [9.17, 15) is 0 Å². The molecule has 0 N–H and O–H groups in total. The number of fused-ring (bicyclic) bond motifs is 9. The molecule has 0 aromatic heterocycles. The molecule has 0 bridgehead atoms. The van der Waals surface area contributed by atoms with Gasteiger partial charge in [0.15, 0.2) is 0 Å². The van der Waals surface area contributed by atoms with Crippen LogP contribution in [0, 0.1) is 6.92 Å². The molecule has 6 rings (SSSR count). The minimum Gasteiger partial charge on any atom is -0.457 e. The summed E-state index contributed by atoms with van der Waals surface area (Å²) in [7, 11) is 0. The van der Waals surface area contributed by atoms with Crippen molar-refractivity contribution in [3.8, 4) is 22.6 Å². The molecule has 1 heterocycles. The van der Waals surface area contributed by atoms with Crippen molar-refractivity contribution >= 4 is 0 Å². The van der Waals surface area contributed by atoms with Gasteiger partial charge >= 0.3 is 0 Å². The fourth-order valence-electron chi connectivity index (χ4n) is 4.97. The van der Waals surface area contributed by atoms with E-state index in [1.54, 1.807) is 0 Å². The molecular weight excluding hydrogens is 352 g/mol. The average molecular weight is 376 g/mol. The van der Waals surface area contributed by atoms with Crippen LogP contribution in [0.25, 0.3) is 11.1 Å². The van der Waals surface area contributed by atoms with Crippen molar-refractivity contribution in [1.29, 1.82) is 0 Å². The van der Waals surface area contributed by atoms with Crippen LogP contribution in [-0.4, -0.2) is 0 Å². The molecule has 1 nitrogen and oxygen atoms in total. The molecule has 4 aromatic rings. The molecule has 0 radical (unpaired) electrons. The molecular formula is C28H24O. The fourth-order valence-corrected chi connectivity index (χ4v) is 4.97. The van der Waals surface area contributed by atoms with Crippen molar-refractivity contribution < 1.29 is 4.74 Å². The Balaban J connectivity index is 0.000000882. The van der Waals surface area contributed by atoms with Crippen molar-refractivity contribution in [3.63, 3.8) is 0 Å². The second kappa shape index (κ2) is 6.63. The molecule has 29 heavy (non-hydrogen) atoms. The van der Waals surface area contributed by atoms with E-state index in [2.05, 4.69) is 97.9 Å². The maximum atomic E-state index is 6.38. The van der Waals surface area contributed by atoms with Gasteiger partial charge in [0.05, 0.1) is 5.41 Å². The van der Waals surface area contributed by atoms with Crippen LogP contribution in [0.2, 0.25) is 0 Å². The fraction of sp³-hybridized carbons (Fsp3) is 0.143. The van der Waals surface area contributed by atoms with Gasteiger partial charge in [0.2, 0.25) is 0 Å². The van der Waals surface area contributed by atoms with E-state index in [0.717, 1.165) is 11.5 Å². The molecule has 1 spiro atoms. The van der Waals surface area contributed by atoms with Gasteiger partial charge in [0.1, 0.15) is 11.5 Å². The Hall–Kier alpha value is -3.32.